The lowest BCUT2D eigenvalue weighted by atomic mass is 10.2. The molecule has 0 fully saturated rings. The SMILES string of the molecule is Cc1ccc(C)c(S(=O)(=O)Nc2ccc(N=Nc3ccccc3)cc2)c1. The Morgan fingerprint density at radius 3 is 2.04 bits per heavy atom. The van der Waals surface area contributed by atoms with Crippen LogP contribution in [-0.4, -0.2) is 8.42 Å². The van der Waals surface area contributed by atoms with E-state index in [4.69, 9.17) is 0 Å². The third kappa shape index (κ3) is 4.34. The van der Waals surface area contributed by atoms with E-state index in [1.165, 1.54) is 0 Å². The van der Waals surface area contributed by atoms with E-state index >= 15 is 0 Å². The summed E-state index contributed by atoms with van der Waals surface area (Å²) >= 11 is 0. The van der Waals surface area contributed by atoms with E-state index in [1.54, 1.807) is 43.3 Å². The van der Waals surface area contributed by atoms with Crippen LogP contribution in [0.1, 0.15) is 11.1 Å². The number of rotatable bonds is 5. The molecule has 3 rings (SSSR count). The number of hydrogen-bond acceptors (Lipinski definition) is 4. The van der Waals surface area contributed by atoms with Gasteiger partial charge < -0.3 is 0 Å². The van der Waals surface area contributed by atoms with Crippen molar-refractivity contribution in [2.24, 2.45) is 10.2 Å². The van der Waals surface area contributed by atoms with Crippen LogP contribution in [0.4, 0.5) is 17.1 Å². The van der Waals surface area contributed by atoms with E-state index < -0.39 is 10.0 Å². The smallest absolute Gasteiger partial charge is 0.262 e. The Kier molecular flexibility index (Phi) is 5.14. The topological polar surface area (TPSA) is 70.9 Å². The fourth-order valence-electron chi connectivity index (χ4n) is 2.41. The fraction of sp³-hybridized carbons (Fsp3) is 0.100. The van der Waals surface area contributed by atoms with Crippen LogP contribution in [-0.2, 0) is 10.0 Å². The molecular formula is C20H19N3O2S. The average molecular weight is 365 g/mol. The third-order valence-corrected chi connectivity index (χ3v) is 5.31. The maximum Gasteiger partial charge on any atom is 0.262 e. The molecule has 0 atom stereocenters. The number of hydrogen-bond donors (Lipinski definition) is 1. The molecule has 3 aromatic rings. The van der Waals surface area contributed by atoms with Crippen molar-refractivity contribution in [3.63, 3.8) is 0 Å². The van der Waals surface area contributed by atoms with Crippen molar-refractivity contribution in [1.82, 2.24) is 0 Å². The van der Waals surface area contributed by atoms with Gasteiger partial charge in [0.25, 0.3) is 10.0 Å². The van der Waals surface area contributed by atoms with E-state index in [2.05, 4.69) is 15.0 Å². The van der Waals surface area contributed by atoms with Gasteiger partial charge in [-0.1, -0.05) is 30.3 Å². The Labute approximate surface area is 153 Å². The number of nitrogens with one attached hydrogen (secondary N) is 1. The molecule has 0 spiro atoms. The summed E-state index contributed by atoms with van der Waals surface area (Å²) in [6.07, 6.45) is 0. The van der Waals surface area contributed by atoms with Gasteiger partial charge in [-0.25, -0.2) is 8.42 Å². The first-order valence-corrected chi connectivity index (χ1v) is 9.59. The minimum atomic E-state index is -3.64. The second kappa shape index (κ2) is 7.49. The summed E-state index contributed by atoms with van der Waals surface area (Å²) < 4.78 is 27.8. The number of anilines is 1. The molecule has 0 amide bonds. The van der Waals surface area contributed by atoms with Gasteiger partial charge in [0.2, 0.25) is 0 Å². The summed E-state index contributed by atoms with van der Waals surface area (Å²) in [7, 11) is -3.64. The summed E-state index contributed by atoms with van der Waals surface area (Å²) in [4.78, 5) is 0.283. The van der Waals surface area contributed by atoms with E-state index in [0.717, 1.165) is 11.3 Å². The number of aryl methyl sites for hydroxylation is 2. The average Bonchev–Trinajstić information content (AvgIpc) is 2.64. The molecule has 0 aromatic heterocycles. The van der Waals surface area contributed by atoms with Crippen molar-refractivity contribution in [3.8, 4) is 0 Å². The van der Waals surface area contributed by atoms with Crippen LogP contribution in [0.15, 0.2) is 87.9 Å². The molecule has 0 unspecified atom stereocenters. The molecule has 3 aromatic carbocycles. The molecule has 26 heavy (non-hydrogen) atoms. The van der Waals surface area contributed by atoms with Crippen LogP contribution in [0.2, 0.25) is 0 Å². The van der Waals surface area contributed by atoms with Gasteiger partial charge in [-0.05, 0) is 67.4 Å². The first-order chi connectivity index (χ1) is 12.4. The molecule has 0 saturated carbocycles. The van der Waals surface area contributed by atoms with Crippen molar-refractivity contribution in [2.75, 3.05) is 4.72 Å². The predicted octanol–water partition coefficient (Wildman–Crippen LogP) is 5.52. The molecule has 0 aliphatic heterocycles. The molecule has 0 radical (unpaired) electrons. The summed E-state index contributed by atoms with van der Waals surface area (Å²) in [6.45, 7) is 3.64. The quantitative estimate of drug-likeness (QED) is 0.605. The molecule has 132 valence electrons. The Hall–Kier alpha value is -2.99. The maximum atomic E-state index is 12.6. The van der Waals surface area contributed by atoms with Crippen LogP contribution >= 0.6 is 0 Å². The van der Waals surface area contributed by atoms with Crippen molar-refractivity contribution < 1.29 is 8.42 Å². The Balaban J connectivity index is 1.77. The fourth-order valence-corrected chi connectivity index (χ4v) is 3.80. The predicted molar refractivity (Wildman–Crippen MR) is 104 cm³/mol. The van der Waals surface area contributed by atoms with Gasteiger partial charge in [-0.3, -0.25) is 4.72 Å². The molecule has 0 saturated heterocycles. The summed E-state index contributed by atoms with van der Waals surface area (Å²) in [6, 6.07) is 21.5. The monoisotopic (exact) mass is 365 g/mol. The Bertz CT molecular complexity index is 1030. The molecule has 0 heterocycles. The van der Waals surface area contributed by atoms with Gasteiger partial charge in [0.15, 0.2) is 0 Å². The lowest BCUT2D eigenvalue weighted by Gasteiger charge is -2.11. The second-order valence-corrected chi connectivity index (χ2v) is 7.61. The second-order valence-electron chi connectivity index (χ2n) is 5.96. The number of azo groups is 1. The van der Waals surface area contributed by atoms with Crippen molar-refractivity contribution in [3.05, 3.63) is 83.9 Å². The van der Waals surface area contributed by atoms with E-state index in [0.29, 0.717) is 16.9 Å². The Morgan fingerprint density at radius 2 is 1.38 bits per heavy atom. The van der Waals surface area contributed by atoms with Gasteiger partial charge in [-0.15, -0.1) is 0 Å². The van der Waals surface area contributed by atoms with E-state index in [-0.39, 0.29) is 4.90 Å². The summed E-state index contributed by atoms with van der Waals surface area (Å²) in [5.41, 5.74) is 3.48. The highest BCUT2D eigenvalue weighted by atomic mass is 32.2. The van der Waals surface area contributed by atoms with Gasteiger partial charge in [0.05, 0.1) is 16.3 Å². The first kappa shape index (κ1) is 17.8. The lowest BCUT2D eigenvalue weighted by Crippen LogP contribution is -2.14. The highest BCUT2D eigenvalue weighted by Gasteiger charge is 2.17. The molecule has 6 heteroatoms. The molecule has 5 nitrogen and oxygen atoms in total. The molecule has 0 aliphatic carbocycles. The number of benzene rings is 3. The summed E-state index contributed by atoms with van der Waals surface area (Å²) in [5, 5.41) is 8.28. The zero-order valence-electron chi connectivity index (χ0n) is 14.5. The van der Waals surface area contributed by atoms with E-state index in [9.17, 15) is 8.42 Å². The minimum Gasteiger partial charge on any atom is -0.280 e. The van der Waals surface area contributed by atoms with Crippen LogP contribution in [0.5, 0.6) is 0 Å². The molecule has 0 bridgehead atoms. The highest BCUT2D eigenvalue weighted by molar-refractivity contribution is 7.92. The van der Waals surface area contributed by atoms with Gasteiger partial charge in [0, 0.05) is 5.69 Å². The zero-order chi connectivity index (χ0) is 18.6. The van der Waals surface area contributed by atoms with Crippen molar-refractivity contribution >= 4 is 27.1 Å². The van der Waals surface area contributed by atoms with Gasteiger partial charge >= 0.3 is 0 Å². The number of nitrogens with zero attached hydrogens (tertiary/aromatic N) is 2. The summed E-state index contributed by atoms with van der Waals surface area (Å²) in [5.74, 6) is 0. The lowest BCUT2D eigenvalue weighted by molar-refractivity contribution is 0.600. The van der Waals surface area contributed by atoms with Crippen LogP contribution in [0.3, 0.4) is 0 Å². The first-order valence-electron chi connectivity index (χ1n) is 8.11. The molecule has 0 aliphatic rings. The van der Waals surface area contributed by atoms with Crippen LogP contribution in [0.25, 0.3) is 0 Å². The van der Waals surface area contributed by atoms with Crippen molar-refractivity contribution in [1.29, 1.82) is 0 Å². The zero-order valence-corrected chi connectivity index (χ0v) is 15.4. The molecule has 1 N–H and O–H groups in total. The number of sulfonamides is 1. The normalized spacial score (nSPS) is 11.6. The Morgan fingerprint density at radius 1 is 0.769 bits per heavy atom. The van der Waals surface area contributed by atoms with Crippen LogP contribution < -0.4 is 4.72 Å². The molecular weight excluding hydrogens is 346 g/mol. The largest absolute Gasteiger partial charge is 0.280 e. The standard InChI is InChI=1S/C20H19N3O2S/c1-15-8-9-16(2)20(14-15)26(24,25)23-19-12-10-18(11-13-19)22-21-17-6-4-3-5-7-17/h3-14,23H,1-2H3. The maximum absolute atomic E-state index is 12.6. The minimum absolute atomic E-state index is 0.283. The highest BCUT2D eigenvalue weighted by Crippen LogP contribution is 2.23. The third-order valence-electron chi connectivity index (χ3n) is 3.79. The van der Waals surface area contributed by atoms with E-state index in [1.807, 2.05) is 43.3 Å². The van der Waals surface area contributed by atoms with Crippen molar-refractivity contribution in [2.45, 2.75) is 18.7 Å². The van der Waals surface area contributed by atoms with Gasteiger partial charge in [-0.2, -0.15) is 10.2 Å². The van der Waals surface area contributed by atoms with Crippen LogP contribution in [0, 0.1) is 13.8 Å². The van der Waals surface area contributed by atoms with Gasteiger partial charge in [0.1, 0.15) is 0 Å².